The zero-order chi connectivity index (χ0) is 15.7. The molecular formula is C14H22BN3O3. The van der Waals surface area contributed by atoms with E-state index in [1.165, 1.54) is 0 Å². The molecule has 1 fully saturated rings. The highest BCUT2D eigenvalue weighted by Gasteiger charge is 2.51. The number of anilines is 1. The van der Waals surface area contributed by atoms with E-state index in [4.69, 9.17) is 15.0 Å². The third-order valence-corrected chi connectivity index (χ3v) is 3.99. The van der Waals surface area contributed by atoms with E-state index >= 15 is 0 Å². The van der Waals surface area contributed by atoms with E-state index in [0.717, 1.165) is 5.46 Å². The first-order valence-electron chi connectivity index (χ1n) is 7.05. The number of nitrogens with one attached hydrogen (secondary N) is 1. The molecule has 1 aromatic rings. The number of rotatable bonds is 5. The summed E-state index contributed by atoms with van der Waals surface area (Å²) in [5.41, 5.74) is 5.22. The molecule has 21 heavy (non-hydrogen) atoms. The molecule has 0 radical (unpaired) electrons. The number of nitrogens with zero attached hydrogens (tertiary/aromatic N) is 1. The Morgan fingerprint density at radius 1 is 1.29 bits per heavy atom. The number of amides is 1. The molecule has 0 unspecified atom stereocenters. The second kappa shape index (κ2) is 5.65. The van der Waals surface area contributed by atoms with Crippen molar-refractivity contribution in [3.05, 3.63) is 18.3 Å². The Bertz CT molecular complexity index is 501. The highest BCUT2D eigenvalue weighted by molar-refractivity contribution is 6.62. The van der Waals surface area contributed by atoms with Crippen molar-refractivity contribution in [2.75, 3.05) is 11.9 Å². The Morgan fingerprint density at radius 2 is 1.90 bits per heavy atom. The van der Waals surface area contributed by atoms with E-state index in [9.17, 15) is 4.79 Å². The van der Waals surface area contributed by atoms with Gasteiger partial charge in [0.25, 0.3) is 0 Å². The number of nitrogens with two attached hydrogens (primary N) is 1. The molecule has 2 rings (SSSR count). The lowest BCUT2D eigenvalue weighted by Crippen LogP contribution is -2.41. The van der Waals surface area contributed by atoms with Crippen LogP contribution in [0.3, 0.4) is 0 Å². The van der Waals surface area contributed by atoms with Crippen LogP contribution >= 0.6 is 0 Å². The Labute approximate surface area is 125 Å². The molecule has 1 aliphatic rings. The average Bonchev–Trinajstić information content (AvgIpc) is 2.59. The van der Waals surface area contributed by atoms with Gasteiger partial charge in [0.1, 0.15) is 5.82 Å². The molecule has 0 aliphatic carbocycles. The van der Waals surface area contributed by atoms with E-state index in [-0.39, 0.29) is 23.5 Å². The third-order valence-electron chi connectivity index (χ3n) is 3.99. The molecule has 0 saturated carbocycles. The number of primary amides is 1. The molecule has 0 atom stereocenters. The maximum atomic E-state index is 10.7. The second-order valence-electron chi connectivity index (χ2n) is 6.21. The lowest BCUT2D eigenvalue weighted by molar-refractivity contribution is -0.117. The number of carbonyl (C=O) groups excluding carboxylic acids is 1. The van der Waals surface area contributed by atoms with Crippen molar-refractivity contribution in [3.8, 4) is 0 Å². The zero-order valence-electron chi connectivity index (χ0n) is 13.0. The van der Waals surface area contributed by atoms with Crippen LogP contribution in [0.15, 0.2) is 18.3 Å². The summed E-state index contributed by atoms with van der Waals surface area (Å²) in [7, 11) is -0.415. The molecule has 0 aromatic carbocycles. The van der Waals surface area contributed by atoms with E-state index in [0.29, 0.717) is 12.4 Å². The molecule has 1 amide bonds. The summed E-state index contributed by atoms with van der Waals surface area (Å²) in [5, 5.41) is 3.03. The second-order valence-corrected chi connectivity index (χ2v) is 6.21. The van der Waals surface area contributed by atoms with Gasteiger partial charge >= 0.3 is 7.12 Å². The van der Waals surface area contributed by atoms with Gasteiger partial charge < -0.3 is 20.4 Å². The van der Waals surface area contributed by atoms with E-state index in [2.05, 4.69) is 10.3 Å². The Morgan fingerprint density at radius 3 is 2.38 bits per heavy atom. The van der Waals surface area contributed by atoms with Gasteiger partial charge in [-0.05, 0) is 33.8 Å². The molecule has 7 heteroatoms. The molecule has 3 N–H and O–H groups in total. The van der Waals surface area contributed by atoms with Crippen molar-refractivity contribution < 1.29 is 14.1 Å². The maximum absolute atomic E-state index is 10.7. The first-order chi connectivity index (χ1) is 9.71. The number of hydrogen-bond donors (Lipinski definition) is 2. The van der Waals surface area contributed by atoms with Crippen molar-refractivity contribution in [2.24, 2.45) is 5.73 Å². The van der Waals surface area contributed by atoms with Gasteiger partial charge in [0, 0.05) is 24.6 Å². The monoisotopic (exact) mass is 291 g/mol. The normalized spacial score (nSPS) is 19.5. The highest BCUT2D eigenvalue weighted by Crippen LogP contribution is 2.36. The van der Waals surface area contributed by atoms with Gasteiger partial charge in [0.05, 0.1) is 11.2 Å². The molecule has 0 spiro atoms. The van der Waals surface area contributed by atoms with Crippen LogP contribution in [-0.2, 0) is 14.1 Å². The first-order valence-corrected chi connectivity index (χ1v) is 7.05. The molecule has 1 aliphatic heterocycles. The molecule has 6 nitrogen and oxygen atoms in total. The fraction of sp³-hybridized carbons (Fsp3) is 0.571. The van der Waals surface area contributed by atoms with Gasteiger partial charge in [-0.3, -0.25) is 4.79 Å². The van der Waals surface area contributed by atoms with E-state index in [1.807, 2.05) is 39.8 Å². The lowest BCUT2D eigenvalue weighted by Gasteiger charge is -2.32. The Kier molecular flexibility index (Phi) is 4.25. The van der Waals surface area contributed by atoms with Gasteiger partial charge in [-0.2, -0.15) is 0 Å². The van der Waals surface area contributed by atoms with Crippen LogP contribution in [0, 0.1) is 0 Å². The highest BCUT2D eigenvalue weighted by atomic mass is 16.7. The summed E-state index contributed by atoms with van der Waals surface area (Å²) in [6.45, 7) is 8.53. The standard InChI is InChI=1S/C14H22BN3O3/c1-13(2)14(3,4)21-15(20-13)10-5-6-12(18-9-10)17-8-7-11(16)19/h5-6,9H,7-8H2,1-4H3,(H2,16,19)(H,17,18). The van der Waals surface area contributed by atoms with Crippen molar-refractivity contribution in [3.63, 3.8) is 0 Å². The molecule has 1 aromatic heterocycles. The topological polar surface area (TPSA) is 86.5 Å². The van der Waals surface area contributed by atoms with Crippen LogP contribution in [-0.4, -0.2) is 35.8 Å². The fourth-order valence-corrected chi connectivity index (χ4v) is 1.94. The van der Waals surface area contributed by atoms with Crippen LogP contribution in [0.2, 0.25) is 0 Å². The minimum atomic E-state index is -0.415. The number of carbonyl (C=O) groups is 1. The fourth-order valence-electron chi connectivity index (χ4n) is 1.94. The van der Waals surface area contributed by atoms with Crippen molar-refractivity contribution in [2.45, 2.75) is 45.3 Å². The predicted molar refractivity (Wildman–Crippen MR) is 82.3 cm³/mol. The van der Waals surface area contributed by atoms with Gasteiger partial charge in [-0.25, -0.2) is 4.98 Å². The summed E-state index contributed by atoms with van der Waals surface area (Å²) in [6, 6.07) is 3.74. The number of hydrogen-bond acceptors (Lipinski definition) is 5. The number of pyridine rings is 1. The summed E-state index contributed by atoms with van der Waals surface area (Å²) in [6.07, 6.45) is 2.00. The van der Waals surface area contributed by atoms with Crippen LogP contribution in [0.5, 0.6) is 0 Å². The number of aromatic nitrogens is 1. The van der Waals surface area contributed by atoms with Gasteiger partial charge in [0.15, 0.2) is 0 Å². The van der Waals surface area contributed by atoms with Crippen LogP contribution in [0.4, 0.5) is 5.82 Å². The third kappa shape index (κ3) is 3.54. The van der Waals surface area contributed by atoms with Gasteiger partial charge in [-0.1, -0.05) is 6.07 Å². The molecular weight excluding hydrogens is 269 g/mol. The molecule has 0 bridgehead atoms. The smallest absolute Gasteiger partial charge is 0.399 e. The van der Waals surface area contributed by atoms with Crippen LogP contribution < -0.4 is 16.5 Å². The lowest BCUT2D eigenvalue weighted by atomic mass is 9.80. The predicted octanol–water partition coefficient (Wildman–Crippen LogP) is 0.668. The van der Waals surface area contributed by atoms with E-state index in [1.54, 1.807) is 6.20 Å². The zero-order valence-corrected chi connectivity index (χ0v) is 13.0. The largest absolute Gasteiger partial charge is 0.496 e. The van der Waals surface area contributed by atoms with E-state index < -0.39 is 7.12 Å². The Balaban J connectivity index is 1.99. The summed E-state index contributed by atoms with van der Waals surface area (Å²) in [5.74, 6) is 0.354. The summed E-state index contributed by atoms with van der Waals surface area (Å²) < 4.78 is 11.9. The van der Waals surface area contributed by atoms with Crippen molar-refractivity contribution in [1.29, 1.82) is 0 Å². The first kappa shape index (κ1) is 15.8. The molecule has 2 heterocycles. The minimum absolute atomic E-state index is 0.278. The molecule has 114 valence electrons. The minimum Gasteiger partial charge on any atom is -0.399 e. The van der Waals surface area contributed by atoms with Crippen molar-refractivity contribution in [1.82, 2.24) is 4.98 Å². The quantitative estimate of drug-likeness (QED) is 0.779. The SMILES string of the molecule is CC1(C)OB(c2ccc(NCCC(N)=O)nc2)OC1(C)C. The van der Waals surface area contributed by atoms with Crippen LogP contribution in [0.25, 0.3) is 0 Å². The van der Waals surface area contributed by atoms with Gasteiger partial charge in [0.2, 0.25) is 5.91 Å². The van der Waals surface area contributed by atoms with Gasteiger partial charge in [-0.15, -0.1) is 0 Å². The average molecular weight is 291 g/mol. The maximum Gasteiger partial charge on any atom is 0.496 e. The van der Waals surface area contributed by atoms with Crippen molar-refractivity contribution >= 4 is 24.3 Å². The van der Waals surface area contributed by atoms with Crippen LogP contribution in [0.1, 0.15) is 34.1 Å². The molecule has 1 saturated heterocycles. The summed E-state index contributed by atoms with van der Waals surface area (Å²) >= 11 is 0. The summed E-state index contributed by atoms with van der Waals surface area (Å²) in [4.78, 5) is 15.0. The Hall–Kier alpha value is -1.60.